The molecule has 0 fully saturated rings. The van der Waals surface area contributed by atoms with Gasteiger partial charge in [-0.05, 0) is 65.6 Å². The zero-order valence-electron chi connectivity index (χ0n) is 10.8. The minimum absolute atomic E-state index is 0.0602. The zero-order chi connectivity index (χ0) is 13.8. The van der Waals surface area contributed by atoms with Gasteiger partial charge in [0.05, 0.1) is 6.61 Å². The average Bonchev–Trinajstić information content (AvgIpc) is 2.37. The summed E-state index contributed by atoms with van der Waals surface area (Å²) in [5, 5.41) is 2.88. The molecule has 1 heterocycles. The number of carbonyl (C=O) groups is 2. The van der Waals surface area contributed by atoms with E-state index < -0.39 is 0 Å². The number of rotatable bonds is 4. The molecule has 0 atom stereocenters. The smallest absolute Gasteiger partial charge is 0.306 e. The molecule has 4 nitrogen and oxygen atoms in total. The highest BCUT2D eigenvalue weighted by atomic mass is 127. The van der Waals surface area contributed by atoms with E-state index in [2.05, 4.69) is 34.0 Å². The van der Waals surface area contributed by atoms with Crippen LogP contribution in [0.3, 0.4) is 0 Å². The average molecular weight is 373 g/mol. The van der Waals surface area contributed by atoms with Crippen LogP contribution in [0.1, 0.15) is 30.9 Å². The first-order valence-corrected chi connectivity index (χ1v) is 7.44. The molecule has 0 spiro atoms. The number of benzene rings is 1. The van der Waals surface area contributed by atoms with Crippen molar-refractivity contribution in [2.75, 3.05) is 11.9 Å². The van der Waals surface area contributed by atoms with E-state index in [9.17, 15) is 9.59 Å². The first-order valence-electron chi connectivity index (χ1n) is 6.37. The zero-order valence-corrected chi connectivity index (χ0v) is 13.0. The fourth-order valence-corrected chi connectivity index (χ4v) is 2.91. The van der Waals surface area contributed by atoms with Crippen molar-refractivity contribution in [2.45, 2.75) is 32.6 Å². The van der Waals surface area contributed by atoms with Gasteiger partial charge in [0, 0.05) is 22.1 Å². The Morgan fingerprint density at radius 3 is 2.95 bits per heavy atom. The van der Waals surface area contributed by atoms with Crippen LogP contribution in [0.25, 0.3) is 0 Å². The molecule has 19 heavy (non-hydrogen) atoms. The predicted molar refractivity (Wildman–Crippen MR) is 81.1 cm³/mol. The van der Waals surface area contributed by atoms with E-state index >= 15 is 0 Å². The fourth-order valence-electron chi connectivity index (χ4n) is 2.10. The van der Waals surface area contributed by atoms with Crippen LogP contribution in [0.5, 0.6) is 0 Å². The molecule has 0 aromatic heterocycles. The number of esters is 1. The monoisotopic (exact) mass is 373 g/mol. The second kappa shape index (κ2) is 6.36. The number of aryl methyl sites for hydroxylation is 2. The Hall–Kier alpha value is -1.11. The summed E-state index contributed by atoms with van der Waals surface area (Å²) in [7, 11) is 0. The molecule has 0 saturated heterocycles. The lowest BCUT2D eigenvalue weighted by Crippen LogP contribution is -2.19. The number of amides is 1. The molecule has 1 aromatic rings. The maximum atomic E-state index is 11.4. The topological polar surface area (TPSA) is 55.4 Å². The molecule has 1 aliphatic heterocycles. The van der Waals surface area contributed by atoms with Gasteiger partial charge in [0.15, 0.2) is 0 Å². The van der Waals surface area contributed by atoms with E-state index in [1.54, 1.807) is 6.92 Å². The van der Waals surface area contributed by atoms with Crippen molar-refractivity contribution < 1.29 is 14.3 Å². The van der Waals surface area contributed by atoms with Crippen LogP contribution in [-0.4, -0.2) is 18.5 Å². The number of hydrogen-bond donors (Lipinski definition) is 1. The minimum atomic E-state index is -0.181. The van der Waals surface area contributed by atoms with E-state index in [1.807, 2.05) is 6.07 Å². The standard InChI is InChI=1S/C14H16INO3/c1-2-19-14(18)6-4-9-8-12-10(7-11(9)15)3-5-13(17)16-12/h7-8H,2-6H2,1H3,(H,16,17). The second-order valence-corrected chi connectivity index (χ2v) is 5.62. The fraction of sp³-hybridized carbons (Fsp3) is 0.429. The van der Waals surface area contributed by atoms with Gasteiger partial charge in [-0.3, -0.25) is 9.59 Å². The van der Waals surface area contributed by atoms with Gasteiger partial charge in [-0.2, -0.15) is 0 Å². The van der Waals surface area contributed by atoms with Crippen molar-refractivity contribution in [3.05, 3.63) is 26.8 Å². The van der Waals surface area contributed by atoms with Gasteiger partial charge in [-0.1, -0.05) is 0 Å². The van der Waals surface area contributed by atoms with E-state index in [-0.39, 0.29) is 11.9 Å². The maximum absolute atomic E-state index is 11.4. The Labute approximate surface area is 126 Å². The maximum Gasteiger partial charge on any atom is 0.306 e. The van der Waals surface area contributed by atoms with Crippen LogP contribution >= 0.6 is 22.6 Å². The third-order valence-electron chi connectivity index (χ3n) is 3.07. The Morgan fingerprint density at radius 2 is 2.21 bits per heavy atom. The van der Waals surface area contributed by atoms with Crippen molar-refractivity contribution in [3.8, 4) is 0 Å². The van der Waals surface area contributed by atoms with E-state index in [4.69, 9.17) is 4.74 Å². The van der Waals surface area contributed by atoms with Gasteiger partial charge < -0.3 is 10.1 Å². The second-order valence-electron chi connectivity index (χ2n) is 4.45. The number of fused-ring (bicyclic) bond motifs is 1. The summed E-state index contributed by atoms with van der Waals surface area (Å²) < 4.78 is 6.06. The molecule has 1 amide bonds. The van der Waals surface area contributed by atoms with Gasteiger partial charge in [0.1, 0.15) is 0 Å². The van der Waals surface area contributed by atoms with Crippen LogP contribution in [-0.2, 0) is 27.2 Å². The summed E-state index contributed by atoms with van der Waals surface area (Å²) in [6, 6.07) is 4.07. The predicted octanol–water partition coefficient (Wildman–Crippen LogP) is 2.67. The van der Waals surface area contributed by atoms with E-state index in [1.165, 1.54) is 5.56 Å². The third kappa shape index (κ3) is 3.68. The van der Waals surface area contributed by atoms with E-state index in [0.717, 1.165) is 21.2 Å². The number of anilines is 1. The van der Waals surface area contributed by atoms with Crippen LogP contribution in [0.4, 0.5) is 5.69 Å². The normalized spacial score (nSPS) is 13.7. The molecule has 0 saturated carbocycles. The summed E-state index contributed by atoms with van der Waals surface area (Å²) in [4.78, 5) is 22.8. The van der Waals surface area contributed by atoms with Crippen LogP contribution in [0.2, 0.25) is 0 Å². The molecular weight excluding hydrogens is 357 g/mol. The number of nitrogens with one attached hydrogen (secondary N) is 1. The Kier molecular flexibility index (Phi) is 4.79. The molecule has 5 heteroatoms. The highest BCUT2D eigenvalue weighted by molar-refractivity contribution is 14.1. The lowest BCUT2D eigenvalue weighted by Gasteiger charge is -2.18. The van der Waals surface area contributed by atoms with Gasteiger partial charge in [0.25, 0.3) is 0 Å². The first kappa shape index (κ1) is 14.3. The van der Waals surface area contributed by atoms with Gasteiger partial charge in [-0.25, -0.2) is 0 Å². The van der Waals surface area contributed by atoms with Crippen LogP contribution in [0, 0.1) is 3.57 Å². The summed E-state index contributed by atoms with van der Waals surface area (Å²) in [6.45, 7) is 2.21. The molecule has 102 valence electrons. The molecular formula is C14H16INO3. The van der Waals surface area contributed by atoms with Crippen LogP contribution in [0.15, 0.2) is 12.1 Å². The van der Waals surface area contributed by atoms with Crippen molar-refractivity contribution in [1.29, 1.82) is 0 Å². The van der Waals surface area contributed by atoms with Gasteiger partial charge in [-0.15, -0.1) is 0 Å². The summed E-state index contributed by atoms with van der Waals surface area (Å²) in [5.41, 5.74) is 3.13. The number of halogens is 1. The largest absolute Gasteiger partial charge is 0.466 e. The highest BCUT2D eigenvalue weighted by Gasteiger charge is 2.17. The molecule has 0 aliphatic carbocycles. The Bertz CT molecular complexity index is 514. The van der Waals surface area contributed by atoms with Gasteiger partial charge >= 0.3 is 5.97 Å². The Morgan fingerprint density at radius 1 is 1.42 bits per heavy atom. The third-order valence-corrected chi connectivity index (χ3v) is 4.08. The highest BCUT2D eigenvalue weighted by Crippen LogP contribution is 2.28. The lowest BCUT2D eigenvalue weighted by molar-refractivity contribution is -0.143. The lowest BCUT2D eigenvalue weighted by atomic mass is 9.99. The first-order chi connectivity index (χ1) is 9.10. The minimum Gasteiger partial charge on any atom is -0.466 e. The SMILES string of the molecule is CCOC(=O)CCc1cc2c(cc1I)CCC(=O)N2. The summed E-state index contributed by atoms with van der Waals surface area (Å²) in [5.74, 6) is -0.120. The number of hydrogen-bond acceptors (Lipinski definition) is 3. The van der Waals surface area contributed by atoms with Gasteiger partial charge in [0.2, 0.25) is 5.91 Å². The molecule has 0 unspecified atom stereocenters. The quantitative estimate of drug-likeness (QED) is 0.652. The van der Waals surface area contributed by atoms with Crippen molar-refractivity contribution in [2.24, 2.45) is 0 Å². The van der Waals surface area contributed by atoms with E-state index in [0.29, 0.717) is 25.9 Å². The molecule has 1 aromatic carbocycles. The van der Waals surface area contributed by atoms with Crippen molar-refractivity contribution in [1.82, 2.24) is 0 Å². The molecule has 1 N–H and O–H groups in total. The number of carbonyl (C=O) groups excluding carboxylic acids is 2. The molecule has 2 rings (SSSR count). The Balaban J connectivity index is 2.11. The molecule has 0 radical (unpaired) electrons. The van der Waals surface area contributed by atoms with Crippen molar-refractivity contribution in [3.63, 3.8) is 0 Å². The summed E-state index contributed by atoms with van der Waals surface area (Å²) in [6.07, 6.45) is 2.34. The van der Waals surface area contributed by atoms with Crippen LogP contribution < -0.4 is 5.32 Å². The summed E-state index contributed by atoms with van der Waals surface area (Å²) >= 11 is 2.28. The molecule has 1 aliphatic rings. The number of ether oxygens (including phenoxy) is 1. The van der Waals surface area contributed by atoms with Crippen molar-refractivity contribution >= 4 is 40.2 Å². The molecule has 0 bridgehead atoms.